The molecule has 0 saturated carbocycles. The van der Waals surface area contributed by atoms with Gasteiger partial charge < -0.3 is 0 Å². The first-order valence-corrected chi connectivity index (χ1v) is 7.97. The van der Waals surface area contributed by atoms with E-state index in [4.69, 9.17) is 11.6 Å². The van der Waals surface area contributed by atoms with E-state index in [1.54, 1.807) is 12.1 Å². The normalized spacial score (nSPS) is 22.0. The van der Waals surface area contributed by atoms with Gasteiger partial charge in [-0.05, 0) is 42.0 Å². The Morgan fingerprint density at radius 1 is 1.00 bits per heavy atom. The molecule has 2 aliphatic heterocycles. The van der Waals surface area contributed by atoms with E-state index in [0.29, 0.717) is 17.3 Å². The van der Waals surface area contributed by atoms with E-state index in [-0.39, 0.29) is 0 Å². The zero-order valence-electron chi connectivity index (χ0n) is 12.8. The van der Waals surface area contributed by atoms with Gasteiger partial charge in [-0.15, -0.1) is 0 Å². The molecule has 2 aromatic carbocycles. The Kier molecular flexibility index (Phi) is 3.73. The lowest BCUT2D eigenvalue weighted by atomic mass is 10.1. The van der Waals surface area contributed by atoms with Crippen LogP contribution in [0.4, 0.5) is 10.1 Å². The minimum Gasteiger partial charge on any atom is -0.271 e. The second-order valence-electron chi connectivity index (χ2n) is 5.81. The summed E-state index contributed by atoms with van der Waals surface area (Å²) in [6.45, 7) is 0.331. The van der Waals surface area contributed by atoms with Crippen LogP contribution in [-0.4, -0.2) is 28.9 Å². The molecule has 0 N–H and O–H groups in total. The average molecular weight is 359 g/mol. The van der Waals surface area contributed by atoms with E-state index in [0.717, 1.165) is 10.5 Å². The first-order chi connectivity index (χ1) is 12.0. The van der Waals surface area contributed by atoms with E-state index in [9.17, 15) is 14.0 Å². The largest absolute Gasteiger partial charge is 0.271 e. The molecule has 4 rings (SSSR count). The van der Waals surface area contributed by atoms with Crippen LogP contribution in [0.5, 0.6) is 0 Å². The van der Waals surface area contributed by atoms with Crippen LogP contribution < -0.4 is 4.90 Å². The van der Waals surface area contributed by atoms with Crippen LogP contribution in [0.3, 0.4) is 0 Å². The fraction of sp³-hybridized carbons (Fsp3) is 0.176. The number of fused-ring (bicyclic) bond motifs is 1. The number of hydrogen-bond donors (Lipinski definition) is 0. The predicted octanol–water partition coefficient (Wildman–Crippen LogP) is 2.97. The maximum atomic E-state index is 13.1. The molecular formula is C17H12ClFN4O2. The number of carbonyl (C=O) groups excluding carboxylic acids is 2. The van der Waals surface area contributed by atoms with Crippen molar-refractivity contribution in [2.45, 2.75) is 18.6 Å². The molecule has 2 amide bonds. The highest BCUT2D eigenvalue weighted by molar-refractivity contribution is 6.30. The Morgan fingerprint density at radius 3 is 2.36 bits per heavy atom. The predicted molar refractivity (Wildman–Crippen MR) is 88.3 cm³/mol. The smallest absolute Gasteiger partial charge is 0.263 e. The Morgan fingerprint density at radius 2 is 1.68 bits per heavy atom. The Bertz CT molecular complexity index is 869. The van der Waals surface area contributed by atoms with Crippen LogP contribution in [0.15, 0.2) is 58.9 Å². The minimum absolute atomic E-state index is 0.326. The summed E-state index contributed by atoms with van der Waals surface area (Å²) in [4.78, 5) is 26.3. The van der Waals surface area contributed by atoms with Gasteiger partial charge in [-0.3, -0.25) is 14.6 Å². The molecule has 126 valence electrons. The summed E-state index contributed by atoms with van der Waals surface area (Å²) in [7, 11) is 0. The molecule has 25 heavy (non-hydrogen) atoms. The van der Waals surface area contributed by atoms with Crippen molar-refractivity contribution in [1.82, 2.24) is 5.01 Å². The molecule has 6 nitrogen and oxygen atoms in total. The highest BCUT2D eigenvalue weighted by Crippen LogP contribution is 2.32. The Labute approximate surface area is 147 Å². The fourth-order valence-electron chi connectivity index (χ4n) is 2.98. The van der Waals surface area contributed by atoms with Crippen LogP contribution >= 0.6 is 11.6 Å². The van der Waals surface area contributed by atoms with Gasteiger partial charge in [-0.1, -0.05) is 29.0 Å². The average Bonchev–Trinajstić information content (AvgIpc) is 3.12. The Balaban J connectivity index is 1.59. The third kappa shape index (κ3) is 2.66. The molecule has 2 aromatic rings. The van der Waals surface area contributed by atoms with Crippen LogP contribution in [0.1, 0.15) is 5.56 Å². The molecule has 0 unspecified atom stereocenters. The summed E-state index contributed by atoms with van der Waals surface area (Å²) in [5.74, 6) is -1.31. The van der Waals surface area contributed by atoms with Crippen LogP contribution in [-0.2, 0) is 16.1 Å². The van der Waals surface area contributed by atoms with Crippen molar-refractivity contribution in [3.8, 4) is 0 Å². The van der Waals surface area contributed by atoms with Crippen LogP contribution in [0.2, 0.25) is 5.02 Å². The lowest BCUT2D eigenvalue weighted by Crippen LogP contribution is -2.39. The molecule has 0 bridgehead atoms. The van der Waals surface area contributed by atoms with E-state index in [1.807, 2.05) is 12.1 Å². The lowest BCUT2D eigenvalue weighted by Gasteiger charge is -2.20. The molecule has 2 heterocycles. The molecule has 0 radical (unpaired) electrons. The molecule has 1 fully saturated rings. The minimum atomic E-state index is -0.871. The number of halogens is 2. The van der Waals surface area contributed by atoms with Crippen LogP contribution in [0.25, 0.3) is 0 Å². The van der Waals surface area contributed by atoms with Crippen molar-refractivity contribution in [3.05, 3.63) is 64.9 Å². The van der Waals surface area contributed by atoms with Crippen molar-refractivity contribution < 1.29 is 14.0 Å². The number of hydrogen-bond acceptors (Lipinski definition) is 5. The third-order valence-electron chi connectivity index (χ3n) is 4.20. The van der Waals surface area contributed by atoms with Crippen molar-refractivity contribution in [3.63, 3.8) is 0 Å². The van der Waals surface area contributed by atoms with Crippen molar-refractivity contribution in [2.75, 3.05) is 4.90 Å². The van der Waals surface area contributed by atoms with Crippen molar-refractivity contribution in [2.24, 2.45) is 10.3 Å². The summed E-state index contributed by atoms with van der Waals surface area (Å²) in [5, 5.41) is 10.0. The first-order valence-electron chi connectivity index (χ1n) is 7.60. The highest BCUT2D eigenvalue weighted by Gasteiger charge is 2.54. The Hall–Kier alpha value is -2.80. The summed E-state index contributed by atoms with van der Waals surface area (Å²) < 4.78 is 13.1. The zero-order valence-corrected chi connectivity index (χ0v) is 13.6. The van der Waals surface area contributed by atoms with Gasteiger partial charge in [0.1, 0.15) is 5.82 Å². The summed E-state index contributed by atoms with van der Waals surface area (Å²) in [5.41, 5.74) is 1.22. The number of nitrogens with zero attached hydrogens (tertiary/aromatic N) is 4. The number of benzene rings is 2. The maximum absolute atomic E-state index is 13.1. The molecule has 2 aliphatic rings. The molecule has 1 saturated heterocycles. The number of carbonyl (C=O) groups is 2. The van der Waals surface area contributed by atoms with E-state index < -0.39 is 29.7 Å². The van der Waals surface area contributed by atoms with E-state index in [2.05, 4.69) is 10.3 Å². The topological polar surface area (TPSA) is 65.3 Å². The molecule has 0 aliphatic carbocycles. The number of rotatable bonds is 3. The van der Waals surface area contributed by atoms with Gasteiger partial charge in [0.25, 0.3) is 11.8 Å². The number of anilines is 1. The molecule has 0 spiro atoms. The fourth-order valence-corrected chi connectivity index (χ4v) is 3.10. The van der Waals surface area contributed by atoms with Gasteiger partial charge in [0, 0.05) is 5.02 Å². The summed E-state index contributed by atoms with van der Waals surface area (Å²) >= 11 is 5.87. The maximum Gasteiger partial charge on any atom is 0.263 e. The van der Waals surface area contributed by atoms with E-state index in [1.165, 1.54) is 29.3 Å². The number of amides is 2. The second-order valence-corrected chi connectivity index (χ2v) is 6.24. The lowest BCUT2D eigenvalue weighted by molar-refractivity contribution is -0.123. The monoisotopic (exact) mass is 358 g/mol. The summed E-state index contributed by atoms with van der Waals surface area (Å²) in [6.07, 6.45) is 0. The van der Waals surface area contributed by atoms with Gasteiger partial charge in [-0.2, -0.15) is 5.11 Å². The first kappa shape index (κ1) is 15.7. The van der Waals surface area contributed by atoms with Crippen molar-refractivity contribution >= 4 is 29.1 Å². The molecule has 8 heteroatoms. The van der Waals surface area contributed by atoms with Gasteiger partial charge in [0.05, 0.1) is 12.2 Å². The quantitative estimate of drug-likeness (QED) is 0.792. The van der Waals surface area contributed by atoms with Gasteiger partial charge in [-0.25, -0.2) is 9.29 Å². The van der Waals surface area contributed by atoms with Gasteiger partial charge in [0.2, 0.25) is 0 Å². The third-order valence-corrected chi connectivity index (χ3v) is 4.45. The SMILES string of the molecule is O=C1[C@H]2N=NN(Cc3ccc(Cl)cc3)[C@@H]2C(=O)N1c1ccc(F)cc1. The zero-order chi connectivity index (χ0) is 17.6. The van der Waals surface area contributed by atoms with Gasteiger partial charge >= 0.3 is 0 Å². The van der Waals surface area contributed by atoms with E-state index >= 15 is 0 Å². The molecule has 0 aromatic heterocycles. The second kappa shape index (κ2) is 5.93. The highest BCUT2D eigenvalue weighted by atomic mass is 35.5. The standard InChI is InChI=1S/C17H12ClFN4O2/c18-11-3-1-10(2-4-11)9-22-15-14(20-21-22)16(24)23(17(15)25)13-7-5-12(19)6-8-13/h1-8,14-15H,9H2/t14-,15-/m0/s1. The van der Waals surface area contributed by atoms with Gasteiger partial charge in [0.15, 0.2) is 12.1 Å². The van der Waals surface area contributed by atoms with Crippen LogP contribution in [0, 0.1) is 5.82 Å². The number of imide groups is 1. The van der Waals surface area contributed by atoms with Crippen molar-refractivity contribution in [1.29, 1.82) is 0 Å². The molecular weight excluding hydrogens is 347 g/mol. The summed E-state index contributed by atoms with van der Waals surface area (Å²) in [6, 6.07) is 10.7. The molecule has 2 atom stereocenters.